The van der Waals surface area contributed by atoms with E-state index in [0.717, 1.165) is 99.2 Å². The van der Waals surface area contributed by atoms with Crippen molar-refractivity contribution in [2.45, 2.75) is 78.8 Å². The Kier molecular flexibility index (Phi) is 12.1. The van der Waals surface area contributed by atoms with E-state index in [9.17, 15) is 4.79 Å². The summed E-state index contributed by atoms with van der Waals surface area (Å²) in [6.07, 6.45) is 9.99. The van der Waals surface area contributed by atoms with Crippen molar-refractivity contribution < 1.29 is 9.53 Å². The van der Waals surface area contributed by atoms with E-state index < -0.39 is 0 Å². The first kappa shape index (κ1) is 31.8. The van der Waals surface area contributed by atoms with Gasteiger partial charge in [0.1, 0.15) is 12.1 Å². The number of hydrogen-bond acceptors (Lipinski definition) is 8. The molecule has 1 saturated heterocycles. The Morgan fingerprint density at radius 3 is 2.50 bits per heavy atom. The molecule has 2 aliphatic rings. The van der Waals surface area contributed by atoms with E-state index in [1.165, 1.54) is 12.8 Å². The van der Waals surface area contributed by atoms with Crippen LogP contribution in [0.3, 0.4) is 0 Å². The molecule has 1 saturated carbocycles. The number of anilines is 1. The molecular weight excluding hydrogens is 528 g/mol. The Labute approximate surface area is 251 Å². The molecule has 0 radical (unpaired) electrons. The number of aromatic nitrogens is 5. The van der Waals surface area contributed by atoms with Crippen molar-refractivity contribution in [3.05, 3.63) is 42.1 Å². The van der Waals surface area contributed by atoms with Crippen molar-refractivity contribution in [1.29, 1.82) is 0 Å². The summed E-state index contributed by atoms with van der Waals surface area (Å²) in [4.78, 5) is 31.3. The van der Waals surface area contributed by atoms with Gasteiger partial charge in [0.15, 0.2) is 5.65 Å². The molecule has 0 aromatic carbocycles. The molecule has 3 aromatic rings. The van der Waals surface area contributed by atoms with Gasteiger partial charge in [-0.3, -0.25) is 9.78 Å². The van der Waals surface area contributed by atoms with Crippen LogP contribution in [0.15, 0.2) is 30.7 Å². The second kappa shape index (κ2) is 15.9. The molecule has 1 aliphatic heterocycles. The summed E-state index contributed by atoms with van der Waals surface area (Å²) in [5, 5.41) is 8.79. The molecule has 10 heteroatoms. The van der Waals surface area contributed by atoms with E-state index in [4.69, 9.17) is 9.72 Å². The molecule has 230 valence electrons. The maximum atomic E-state index is 13.0. The number of carbonyl (C=O) groups excluding carboxylic acids is 1. The second-order valence-electron chi connectivity index (χ2n) is 12.0. The molecule has 3 aromatic heterocycles. The zero-order chi connectivity index (χ0) is 29.9. The third kappa shape index (κ3) is 8.70. The number of piperazine rings is 1. The van der Waals surface area contributed by atoms with Crippen LogP contribution in [0.1, 0.15) is 71.2 Å². The molecule has 0 atom stereocenters. The van der Waals surface area contributed by atoms with Crippen molar-refractivity contribution in [3.63, 3.8) is 0 Å². The highest BCUT2D eigenvalue weighted by molar-refractivity contribution is 5.87. The van der Waals surface area contributed by atoms with Gasteiger partial charge < -0.3 is 19.9 Å². The minimum absolute atomic E-state index is 0.219. The van der Waals surface area contributed by atoms with E-state index in [1.807, 2.05) is 16.9 Å². The Balaban J connectivity index is 0.000000446. The Bertz CT molecular complexity index is 1250. The maximum absolute atomic E-state index is 13.0. The van der Waals surface area contributed by atoms with E-state index in [1.54, 1.807) is 13.4 Å². The molecule has 0 unspecified atom stereocenters. The molecular formula is C32H50N8O2. The topological polar surface area (TPSA) is 101 Å². The van der Waals surface area contributed by atoms with Crippen molar-refractivity contribution in [2.24, 2.45) is 11.8 Å². The smallest absolute Gasteiger partial charge is 0.225 e. The number of ether oxygens (including phenoxy) is 1. The molecule has 1 amide bonds. The fourth-order valence-electron chi connectivity index (χ4n) is 5.77. The number of methoxy groups -OCH3 is 1. The van der Waals surface area contributed by atoms with E-state index >= 15 is 0 Å². The lowest BCUT2D eigenvalue weighted by Gasteiger charge is -2.38. The highest BCUT2D eigenvalue weighted by atomic mass is 16.5. The summed E-state index contributed by atoms with van der Waals surface area (Å²) < 4.78 is 6.73. The lowest BCUT2D eigenvalue weighted by molar-refractivity contribution is -0.137. The third-order valence-electron chi connectivity index (χ3n) is 8.21. The summed E-state index contributed by atoms with van der Waals surface area (Å²) in [5.41, 5.74) is 2.92. The number of hydrogen-bond donors (Lipinski definition) is 1. The highest BCUT2D eigenvalue weighted by Crippen LogP contribution is 2.30. The monoisotopic (exact) mass is 578 g/mol. The van der Waals surface area contributed by atoms with Gasteiger partial charge in [0.05, 0.1) is 30.4 Å². The van der Waals surface area contributed by atoms with Gasteiger partial charge in [-0.1, -0.05) is 40.2 Å². The van der Waals surface area contributed by atoms with E-state index in [0.29, 0.717) is 18.5 Å². The average molecular weight is 579 g/mol. The van der Waals surface area contributed by atoms with Crippen LogP contribution < -0.4 is 10.2 Å². The first-order chi connectivity index (χ1) is 20.4. The zero-order valence-corrected chi connectivity index (χ0v) is 26.3. The fraction of sp³-hybridized carbons (Fsp3) is 0.656. The summed E-state index contributed by atoms with van der Waals surface area (Å²) in [7, 11) is 1.71. The van der Waals surface area contributed by atoms with Gasteiger partial charge in [-0.15, -0.1) is 0 Å². The molecule has 0 bridgehead atoms. The van der Waals surface area contributed by atoms with E-state index in [2.05, 4.69) is 70.0 Å². The van der Waals surface area contributed by atoms with Crippen molar-refractivity contribution >= 4 is 22.8 Å². The Morgan fingerprint density at radius 2 is 1.81 bits per heavy atom. The van der Waals surface area contributed by atoms with Crippen molar-refractivity contribution in [1.82, 2.24) is 34.9 Å². The summed E-state index contributed by atoms with van der Waals surface area (Å²) in [6.45, 7) is 14.1. The van der Waals surface area contributed by atoms with Crippen LogP contribution in [0.5, 0.6) is 0 Å². The van der Waals surface area contributed by atoms with Crippen molar-refractivity contribution in [2.75, 3.05) is 51.3 Å². The maximum Gasteiger partial charge on any atom is 0.225 e. The number of fused-ring (bicyclic) bond motifs is 1. The Hall–Kier alpha value is -3.11. The molecule has 10 nitrogen and oxygen atoms in total. The van der Waals surface area contributed by atoms with E-state index in [-0.39, 0.29) is 5.92 Å². The molecule has 1 aliphatic carbocycles. The number of nitrogens with zero attached hydrogens (tertiary/aromatic N) is 7. The largest absolute Gasteiger partial charge is 0.383 e. The SMILES string of the molecule is CCCc1cccc(Cn2ncc3c(N4CCN(C(=O)C5CCC(C)CC5)CC4)ncnc32)n1.COCCNC(C)C. The first-order valence-electron chi connectivity index (χ1n) is 15.8. The van der Waals surface area contributed by atoms with Gasteiger partial charge in [-0.25, -0.2) is 14.6 Å². The van der Waals surface area contributed by atoms with Crippen LogP contribution in [-0.2, 0) is 22.5 Å². The van der Waals surface area contributed by atoms with Gasteiger partial charge in [0, 0.05) is 57.5 Å². The minimum Gasteiger partial charge on any atom is -0.383 e. The number of aryl methyl sites for hydroxylation is 1. The predicted molar refractivity (Wildman–Crippen MR) is 168 cm³/mol. The quantitative estimate of drug-likeness (QED) is 0.355. The van der Waals surface area contributed by atoms with Crippen LogP contribution in [0, 0.1) is 11.8 Å². The molecule has 1 N–H and O–H groups in total. The first-order valence-corrected chi connectivity index (χ1v) is 15.8. The summed E-state index contributed by atoms with van der Waals surface area (Å²) in [6, 6.07) is 6.75. The lowest BCUT2D eigenvalue weighted by Crippen LogP contribution is -2.51. The van der Waals surface area contributed by atoms with Crippen LogP contribution in [-0.4, -0.2) is 88.0 Å². The molecule has 4 heterocycles. The van der Waals surface area contributed by atoms with Gasteiger partial charge >= 0.3 is 0 Å². The molecule has 0 spiro atoms. The van der Waals surface area contributed by atoms with Crippen LogP contribution >= 0.6 is 0 Å². The standard InChI is InChI=1S/C26H35N7O.C6H15NO/c1-3-5-21-6-4-7-22(30-21)17-33-25-23(16-29-33)24(27-18-28-25)31-12-14-32(15-13-31)26(34)20-10-8-19(2)9-11-20;1-6(2)7-4-5-8-3/h4,6-7,16,18-20H,3,5,8-15,17H2,1-2H3;6-7H,4-5H2,1-3H3. The molecule has 5 rings (SSSR count). The van der Waals surface area contributed by atoms with Crippen molar-refractivity contribution in [3.8, 4) is 0 Å². The van der Waals surface area contributed by atoms with Gasteiger partial charge in [-0.2, -0.15) is 5.10 Å². The number of pyridine rings is 1. The number of nitrogens with one attached hydrogen (secondary N) is 1. The van der Waals surface area contributed by atoms with Gasteiger partial charge in [-0.05, 0) is 50.2 Å². The highest BCUT2D eigenvalue weighted by Gasteiger charge is 2.30. The number of carbonyl (C=O) groups is 1. The van der Waals surface area contributed by atoms with Crippen LogP contribution in [0.25, 0.3) is 11.0 Å². The minimum atomic E-state index is 0.219. The summed E-state index contributed by atoms with van der Waals surface area (Å²) in [5.74, 6) is 2.24. The normalized spacial score (nSPS) is 19.2. The third-order valence-corrected chi connectivity index (χ3v) is 8.21. The lowest BCUT2D eigenvalue weighted by atomic mass is 9.82. The van der Waals surface area contributed by atoms with Crippen LogP contribution in [0.4, 0.5) is 5.82 Å². The zero-order valence-electron chi connectivity index (χ0n) is 26.3. The second-order valence-corrected chi connectivity index (χ2v) is 12.0. The Morgan fingerprint density at radius 1 is 1.07 bits per heavy atom. The van der Waals surface area contributed by atoms with Crippen LogP contribution in [0.2, 0.25) is 0 Å². The predicted octanol–water partition coefficient (Wildman–Crippen LogP) is 4.33. The molecule has 42 heavy (non-hydrogen) atoms. The number of amides is 1. The van der Waals surface area contributed by atoms with Gasteiger partial charge in [0.25, 0.3) is 0 Å². The van der Waals surface area contributed by atoms with Gasteiger partial charge in [0.2, 0.25) is 5.91 Å². The average Bonchev–Trinajstić information content (AvgIpc) is 3.41. The molecule has 2 fully saturated rings. The summed E-state index contributed by atoms with van der Waals surface area (Å²) >= 11 is 0. The fourth-order valence-corrected chi connectivity index (χ4v) is 5.77. The number of rotatable bonds is 10.